The number of anilines is 1. The number of hydrogen-bond donors (Lipinski definition) is 1. The molecule has 0 aromatic carbocycles. The number of hydrogen-bond acceptors (Lipinski definition) is 3. The van der Waals surface area contributed by atoms with E-state index in [0.717, 1.165) is 12.4 Å². The number of aromatic nitrogens is 1. The van der Waals surface area contributed by atoms with Crippen molar-refractivity contribution < 1.29 is 0 Å². The van der Waals surface area contributed by atoms with Gasteiger partial charge in [0, 0.05) is 31.9 Å². The molecule has 17 heavy (non-hydrogen) atoms. The molecule has 94 valence electrons. The zero-order valence-corrected chi connectivity index (χ0v) is 11.1. The first-order valence-electron chi connectivity index (χ1n) is 6.58. The Kier molecular flexibility index (Phi) is 4.00. The van der Waals surface area contributed by atoms with E-state index in [2.05, 4.69) is 48.2 Å². The molecule has 0 spiro atoms. The largest absolute Gasteiger partial charge is 0.357 e. The van der Waals surface area contributed by atoms with Crippen LogP contribution in [0.1, 0.15) is 38.7 Å². The fraction of sp³-hybridized carbons (Fsp3) is 0.643. The van der Waals surface area contributed by atoms with Crippen LogP contribution in [0.4, 0.5) is 5.82 Å². The van der Waals surface area contributed by atoms with Crippen molar-refractivity contribution in [3.05, 3.63) is 23.9 Å². The molecule has 1 aliphatic carbocycles. The molecule has 0 unspecified atom stereocenters. The van der Waals surface area contributed by atoms with Crippen molar-refractivity contribution in [2.75, 3.05) is 11.9 Å². The van der Waals surface area contributed by atoms with Crippen LogP contribution in [0.2, 0.25) is 0 Å². The van der Waals surface area contributed by atoms with E-state index in [1.54, 1.807) is 0 Å². The first-order valence-corrected chi connectivity index (χ1v) is 6.58. The average molecular weight is 233 g/mol. The Morgan fingerprint density at radius 3 is 2.82 bits per heavy atom. The third kappa shape index (κ3) is 3.19. The zero-order valence-electron chi connectivity index (χ0n) is 11.1. The van der Waals surface area contributed by atoms with Gasteiger partial charge in [0.1, 0.15) is 5.82 Å². The molecule has 0 aliphatic heterocycles. The number of nitrogens with zero attached hydrogens (tertiary/aromatic N) is 2. The summed E-state index contributed by atoms with van der Waals surface area (Å²) in [6, 6.07) is 5.52. The number of rotatable bonds is 5. The van der Waals surface area contributed by atoms with Crippen LogP contribution in [0.5, 0.6) is 0 Å². The molecule has 1 N–H and O–H groups in total. The highest BCUT2D eigenvalue weighted by molar-refractivity contribution is 5.41. The number of pyridine rings is 1. The summed E-state index contributed by atoms with van der Waals surface area (Å²) in [5.74, 6) is 1.11. The lowest BCUT2D eigenvalue weighted by molar-refractivity contribution is 0.399. The molecule has 0 amide bonds. The maximum absolute atomic E-state index is 4.47. The van der Waals surface area contributed by atoms with Gasteiger partial charge in [0.2, 0.25) is 0 Å². The van der Waals surface area contributed by atoms with Crippen LogP contribution in [-0.2, 0) is 6.54 Å². The zero-order chi connectivity index (χ0) is 12.3. The van der Waals surface area contributed by atoms with Crippen LogP contribution in [0.3, 0.4) is 0 Å². The van der Waals surface area contributed by atoms with Gasteiger partial charge in [-0.1, -0.05) is 13.8 Å². The van der Waals surface area contributed by atoms with Gasteiger partial charge in [-0.05, 0) is 37.0 Å². The van der Waals surface area contributed by atoms with Crippen molar-refractivity contribution in [3.8, 4) is 0 Å². The molecule has 2 rings (SSSR count). The summed E-state index contributed by atoms with van der Waals surface area (Å²) in [7, 11) is 2.16. The lowest BCUT2D eigenvalue weighted by Crippen LogP contribution is -2.37. The maximum Gasteiger partial charge on any atom is 0.128 e. The lowest BCUT2D eigenvalue weighted by atomic mass is 9.92. The van der Waals surface area contributed by atoms with Crippen LogP contribution >= 0.6 is 0 Å². The minimum atomic E-state index is 0.524. The fourth-order valence-electron chi connectivity index (χ4n) is 2.05. The molecule has 3 nitrogen and oxygen atoms in total. The second-order valence-electron chi connectivity index (χ2n) is 5.25. The van der Waals surface area contributed by atoms with E-state index in [4.69, 9.17) is 0 Å². The van der Waals surface area contributed by atoms with E-state index >= 15 is 0 Å². The molecule has 1 aromatic rings. The minimum absolute atomic E-state index is 0.524. The first kappa shape index (κ1) is 12.4. The summed E-state index contributed by atoms with van der Waals surface area (Å²) in [5.41, 5.74) is 1.31. The maximum atomic E-state index is 4.47. The van der Waals surface area contributed by atoms with Gasteiger partial charge in [-0.3, -0.25) is 0 Å². The highest BCUT2D eigenvalue weighted by Crippen LogP contribution is 2.27. The highest BCUT2D eigenvalue weighted by atomic mass is 15.2. The summed E-state index contributed by atoms with van der Waals surface area (Å²) in [5, 5.41) is 3.44. The summed E-state index contributed by atoms with van der Waals surface area (Å²) < 4.78 is 0. The van der Waals surface area contributed by atoms with E-state index in [1.165, 1.54) is 24.8 Å². The van der Waals surface area contributed by atoms with Gasteiger partial charge in [-0.15, -0.1) is 0 Å². The molecule has 0 atom stereocenters. The van der Waals surface area contributed by atoms with E-state index in [-0.39, 0.29) is 0 Å². The normalized spacial score (nSPS) is 16.0. The first-order chi connectivity index (χ1) is 8.16. The molecule has 0 saturated heterocycles. The Balaban J connectivity index is 2.00. The molecule has 1 heterocycles. The van der Waals surface area contributed by atoms with Crippen LogP contribution in [0, 0.1) is 0 Å². The monoisotopic (exact) mass is 233 g/mol. The van der Waals surface area contributed by atoms with Gasteiger partial charge in [0.15, 0.2) is 0 Å². The van der Waals surface area contributed by atoms with Crippen molar-refractivity contribution in [1.82, 2.24) is 10.3 Å². The van der Waals surface area contributed by atoms with Gasteiger partial charge in [-0.25, -0.2) is 4.98 Å². The molecule has 0 bridgehead atoms. The summed E-state index contributed by atoms with van der Waals surface area (Å²) in [6.07, 6.45) is 5.91. The molecule has 1 aromatic heterocycles. The summed E-state index contributed by atoms with van der Waals surface area (Å²) in [6.45, 7) is 5.26. The highest BCUT2D eigenvalue weighted by Gasteiger charge is 2.22. The molecule has 1 fully saturated rings. The molecule has 1 aliphatic rings. The van der Waals surface area contributed by atoms with E-state index in [1.807, 2.05) is 6.20 Å². The van der Waals surface area contributed by atoms with E-state index in [9.17, 15) is 0 Å². The Labute approximate surface area is 104 Å². The topological polar surface area (TPSA) is 28.2 Å². The predicted octanol–water partition coefficient (Wildman–Crippen LogP) is 2.57. The van der Waals surface area contributed by atoms with Gasteiger partial charge in [0.25, 0.3) is 0 Å². The molecule has 1 saturated carbocycles. The predicted molar refractivity (Wildman–Crippen MR) is 72.3 cm³/mol. The lowest BCUT2D eigenvalue weighted by Gasteiger charge is -2.35. The van der Waals surface area contributed by atoms with Gasteiger partial charge < -0.3 is 10.2 Å². The van der Waals surface area contributed by atoms with Crippen molar-refractivity contribution in [2.24, 2.45) is 0 Å². The van der Waals surface area contributed by atoms with Gasteiger partial charge >= 0.3 is 0 Å². The van der Waals surface area contributed by atoms with Crippen molar-refractivity contribution in [1.29, 1.82) is 0 Å². The average Bonchev–Trinajstić information content (AvgIpc) is 2.24. The van der Waals surface area contributed by atoms with Crippen LogP contribution in [0.25, 0.3) is 0 Å². The Bertz CT molecular complexity index is 358. The second kappa shape index (κ2) is 5.50. The molecular formula is C14H23N3. The van der Waals surface area contributed by atoms with Crippen LogP contribution in [0.15, 0.2) is 18.3 Å². The van der Waals surface area contributed by atoms with Crippen LogP contribution < -0.4 is 10.2 Å². The quantitative estimate of drug-likeness (QED) is 0.847. The third-order valence-corrected chi connectivity index (χ3v) is 3.51. The molecular weight excluding hydrogens is 210 g/mol. The number of nitrogens with one attached hydrogen (secondary N) is 1. The molecule has 3 heteroatoms. The third-order valence-electron chi connectivity index (χ3n) is 3.51. The second-order valence-corrected chi connectivity index (χ2v) is 5.25. The Hall–Kier alpha value is -1.09. The summed E-state index contributed by atoms with van der Waals surface area (Å²) in [4.78, 5) is 6.79. The minimum Gasteiger partial charge on any atom is -0.357 e. The van der Waals surface area contributed by atoms with Crippen molar-refractivity contribution >= 4 is 5.82 Å². The Morgan fingerprint density at radius 2 is 2.24 bits per heavy atom. The van der Waals surface area contributed by atoms with Gasteiger partial charge in [0.05, 0.1) is 0 Å². The van der Waals surface area contributed by atoms with E-state index < -0.39 is 0 Å². The smallest absolute Gasteiger partial charge is 0.128 e. The Morgan fingerprint density at radius 1 is 1.47 bits per heavy atom. The molecule has 0 radical (unpaired) electrons. The SMILES string of the molecule is CC(C)NCc1ccnc(N(C)C2CCC2)c1. The standard InChI is InChI=1S/C14H23N3/c1-11(2)16-10-12-7-8-15-14(9-12)17(3)13-5-4-6-13/h7-9,11,13,16H,4-6,10H2,1-3H3. The van der Waals surface area contributed by atoms with Crippen LogP contribution in [-0.4, -0.2) is 24.1 Å². The van der Waals surface area contributed by atoms with Crippen molar-refractivity contribution in [2.45, 2.75) is 51.7 Å². The van der Waals surface area contributed by atoms with Crippen molar-refractivity contribution in [3.63, 3.8) is 0 Å². The summed E-state index contributed by atoms with van der Waals surface area (Å²) >= 11 is 0. The fourth-order valence-corrected chi connectivity index (χ4v) is 2.05. The van der Waals surface area contributed by atoms with Gasteiger partial charge in [-0.2, -0.15) is 0 Å². The van der Waals surface area contributed by atoms with E-state index in [0.29, 0.717) is 12.1 Å².